The summed E-state index contributed by atoms with van der Waals surface area (Å²) >= 11 is 0. The van der Waals surface area contributed by atoms with Crippen molar-refractivity contribution in [1.82, 2.24) is 10.2 Å². The van der Waals surface area contributed by atoms with Gasteiger partial charge in [0.2, 0.25) is 11.8 Å². The van der Waals surface area contributed by atoms with Crippen molar-refractivity contribution in [2.45, 2.75) is 32.2 Å². The number of aliphatic carboxylic acids is 1. The molecule has 0 aliphatic carbocycles. The summed E-state index contributed by atoms with van der Waals surface area (Å²) in [5.41, 5.74) is 1.05. The summed E-state index contributed by atoms with van der Waals surface area (Å²) in [5, 5.41) is 11.3. The molecule has 0 saturated carbocycles. The van der Waals surface area contributed by atoms with Crippen LogP contribution in [0.4, 0.5) is 0 Å². The lowest BCUT2D eigenvalue weighted by Gasteiger charge is -2.16. The minimum absolute atomic E-state index is 0.000111. The third kappa shape index (κ3) is 5.39. The number of amides is 2. The van der Waals surface area contributed by atoms with E-state index in [1.54, 1.807) is 4.90 Å². The van der Waals surface area contributed by atoms with Gasteiger partial charge < -0.3 is 15.3 Å². The summed E-state index contributed by atoms with van der Waals surface area (Å²) in [6.07, 6.45) is 1.53. The number of likely N-dealkylation sites (tertiary alicyclic amines) is 1. The van der Waals surface area contributed by atoms with Gasteiger partial charge in [-0.3, -0.25) is 14.4 Å². The topological polar surface area (TPSA) is 86.7 Å². The Bertz CT molecular complexity index is 559. The van der Waals surface area contributed by atoms with Crippen LogP contribution in [-0.4, -0.2) is 40.9 Å². The molecular formula is C17H22N2O4. The maximum absolute atomic E-state index is 12.1. The molecular weight excluding hydrogens is 296 g/mol. The van der Waals surface area contributed by atoms with Gasteiger partial charge in [0.25, 0.3) is 0 Å². The molecule has 1 atom stereocenters. The lowest BCUT2D eigenvalue weighted by Crippen LogP contribution is -2.33. The lowest BCUT2D eigenvalue weighted by atomic mass is 10.1. The van der Waals surface area contributed by atoms with E-state index < -0.39 is 5.97 Å². The number of hydrogen-bond acceptors (Lipinski definition) is 3. The molecule has 0 radical (unpaired) electrons. The highest BCUT2D eigenvalue weighted by Crippen LogP contribution is 2.20. The first-order valence-corrected chi connectivity index (χ1v) is 7.87. The van der Waals surface area contributed by atoms with Crippen LogP contribution in [0, 0.1) is 5.92 Å². The van der Waals surface area contributed by atoms with Crippen molar-refractivity contribution in [2.24, 2.45) is 5.92 Å². The number of hydrogen-bond donors (Lipinski definition) is 2. The minimum Gasteiger partial charge on any atom is -0.481 e. The van der Waals surface area contributed by atoms with Crippen LogP contribution in [0.25, 0.3) is 0 Å². The third-order valence-corrected chi connectivity index (χ3v) is 3.92. The van der Waals surface area contributed by atoms with Crippen molar-refractivity contribution in [2.75, 3.05) is 13.1 Å². The van der Waals surface area contributed by atoms with Crippen molar-refractivity contribution < 1.29 is 19.5 Å². The van der Waals surface area contributed by atoms with E-state index in [2.05, 4.69) is 5.32 Å². The van der Waals surface area contributed by atoms with Crippen LogP contribution in [0.5, 0.6) is 0 Å². The Morgan fingerprint density at radius 1 is 1.22 bits per heavy atom. The van der Waals surface area contributed by atoms with Crippen molar-refractivity contribution in [3.63, 3.8) is 0 Å². The Labute approximate surface area is 135 Å². The zero-order chi connectivity index (χ0) is 16.7. The molecule has 23 heavy (non-hydrogen) atoms. The van der Waals surface area contributed by atoms with Crippen molar-refractivity contribution >= 4 is 17.8 Å². The zero-order valence-electron chi connectivity index (χ0n) is 13.0. The molecule has 1 aromatic rings. The number of carbonyl (C=O) groups excluding carboxylic acids is 2. The molecule has 2 rings (SSSR count). The summed E-state index contributed by atoms with van der Waals surface area (Å²) in [4.78, 5) is 36.2. The van der Waals surface area contributed by atoms with Gasteiger partial charge >= 0.3 is 5.97 Å². The summed E-state index contributed by atoms with van der Waals surface area (Å²) in [5.74, 6) is -1.26. The predicted octanol–water partition coefficient (Wildman–Crippen LogP) is 1.41. The van der Waals surface area contributed by atoms with Crippen LogP contribution in [0.2, 0.25) is 0 Å². The van der Waals surface area contributed by atoms with Crippen LogP contribution in [0.3, 0.4) is 0 Å². The molecule has 1 aliphatic heterocycles. The van der Waals surface area contributed by atoms with Gasteiger partial charge in [0.1, 0.15) is 0 Å². The first-order chi connectivity index (χ1) is 11.1. The number of carboxylic acid groups (broad SMARTS) is 1. The standard InChI is InChI=1S/C17H22N2O4/c20-15-10-14(17(23)18-9-5-4-8-16(21)22)12-19(15)11-13-6-2-1-3-7-13/h1-3,6-7,14H,4-5,8-12H2,(H,18,23)(H,21,22). The van der Waals surface area contributed by atoms with Crippen LogP contribution in [0.1, 0.15) is 31.2 Å². The van der Waals surface area contributed by atoms with E-state index in [0.29, 0.717) is 32.5 Å². The van der Waals surface area contributed by atoms with E-state index in [-0.39, 0.29) is 30.6 Å². The summed E-state index contributed by atoms with van der Waals surface area (Å²) < 4.78 is 0. The van der Waals surface area contributed by atoms with E-state index in [4.69, 9.17) is 5.11 Å². The molecule has 1 fully saturated rings. The van der Waals surface area contributed by atoms with E-state index >= 15 is 0 Å². The van der Waals surface area contributed by atoms with Crippen LogP contribution >= 0.6 is 0 Å². The summed E-state index contributed by atoms with van der Waals surface area (Å²) in [7, 11) is 0. The highest BCUT2D eigenvalue weighted by atomic mass is 16.4. The second-order valence-electron chi connectivity index (χ2n) is 5.80. The van der Waals surface area contributed by atoms with E-state index in [9.17, 15) is 14.4 Å². The van der Waals surface area contributed by atoms with Gasteiger partial charge in [0, 0.05) is 32.5 Å². The highest BCUT2D eigenvalue weighted by molar-refractivity contribution is 5.89. The number of nitrogens with zero attached hydrogens (tertiary/aromatic N) is 1. The fraction of sp³-hybridized carbons (Fsp3) is 0.471. The Kier molecular flexibility index (Phi) is 6.14. The van der Waals surface area contributed by atoms with Gasteiger partial charge in [-0.25, -0.2) is 0 Å². The summed E-state index contributed by atoms with van der Waals surface area (Å²) in [6.45, 7) is 1.42. The van der Waals surface area contributed by atoms with Gasteiger partial charge in [-0.15, -0.1) is 0 Å². The van der Waals surface area contributed by atoms with Crippen molar-refractivity contribution in [1.29, 1.82) is 0 Å². The molecule has 1 saturated heterocycles. The number of unbranched alkanes of at least 4 members (excludes halogenated alkanes) is 1. The molecule has 2 amide bonds. The molecule has 0 spiro atoms. The Balaban J connectivity index is 1.73. The number of benzene rings is 1. The Morgan fingerprint density at radius 2 is 1.96 bits per heavy atom. The fourth-order valence-corrected chi connectivity index (χ4v) is 2.66. The van der Waals surface area contributed by atoms with Crippen LogP contribution in [-0.2, 0) is 20.9 Å². The van der Waals surface area contributed by atoms with Crippen LogP contribution in [0.15, 0.2) is 30.3 Å². The zero-order valence-corrected chi connectivity index (χ0v) is 13.0. The molecule has 124 valence electrons. The molecule has 6 heteroatoms. The molecule has 1 aromatic carbocycles. The molecule has 0 aromatic heterocycles. The van der Waals surface area contributed by atoms with Crippen molar-refractivity contribution in [3.8, 4) is 0 Å². The largest absolute Gasteiger partial charge is 0.481 e. The normalized spacial score (nSPS) is 17.3. The SMILES string of the molecule is O=C(O)CCCCNC(=O)C1CC(=O)N(Cc2ccccc2)C1. The van der Waals surface area contributed by atoms with Crippen LogP contribution < -0.4 is 5.32 Å². The quantitative estimate of drug-likeness (QED) is 0.710. The van der Waals surface area contributed by atoms with E-state index in [0.717, 1.165) is 5.56 Å². The Hall–Kier alpha value is -2.37. The molecule has 1 heterocycles. The molecule has 6 nitrogen and oxygen atoms in total. The van der Waals surface area contributed by atoms with Gasteiger partial charge in [-0.05, 0) is 18.4 Å². The summed E-state index contributed by atoms with van der Waals surface area (Å²) in [6, 6.07) is 9.70. The highest BCUT2D eigenvalue weighted by Gasteiger charge is 2.33. The first kappa shape index (κ1) is 17.0. The molecule has 2 N–H and O–H groups in total. The maximum atomic E-state index is 12.1. The number of carboxylic acids is 1. The second kappa shape index (κ2) is 8.31. The fourth-order valence-electron chi connectivity index (χ4n) is 2.66. The first-order valence-electron chi connectivity index (χ1n) is 7.87. The number of carbonyl (C=O) groups is 3. The monoisotopic (exact) mass is 318 g/mol. The van der Waals surface area contributed by atoms with E-state index in [1.165, 1.54) is 0 Å². The third-order valence-electron chi connectivity index (χ3n) is 3.92. The maximum Gasteiger partial charge on any atom is 0.303 e. The average Bonchev–Trinajstić information content (AvgIpc) is 2.88. The smallest absolute Gasteiger partial charge is 0.303 e. The lowest BCUT2D eigenvalue weighted by molar-refractivity contribution is -0.137. The number of rotatable bonds is 8. The van der Waals surface area contributed by atoms with Gasteiger partial charge in [0.15, 0.2) is 0 Å². The van der Waals surface area contributed by atoms with Crippen molar-refractivity contribution in [3.05, 3.63) is 35.9 Å². The number of nitrogens with one attached hydrogen (secondary N) is 1. The Morgan fingerprint density at radius 3 is 2.65 bits per heavy atom. The van der Waals surface area contributed by atoms with Gasteiger partial charge in [-0.2, -0.15) is 0 Å². The molecule has 1 aliphatic rings. The second-order valence-corrected chi connectivity index (χ2v) is 5.80. The minimum atomic E-state index is -0.825. The predicted molar refractivity (Wildman–Crippen MR) is 84.5 cm³/mol. The van der Waals surface area contributed by atoms with E-state index in [1.807, 2.05) is 30.3 Å². The molecule has 0 bridgehead atoms. The molecule has 1 unspecified atom stereocenters. The van der Waals surface area contributed by atoms with Gasteiger partial charge in [0.05, 0.1) is 5.92 Å². The average molecular weight is 318 g/mol. The van der Waals surface area contributed by atoms with Gasteiger partial charge in [-0.1, -0.05) is 30.3 Å².